The van der Waals surface area contributed by atoms with Gasteiger partial charge in [0.05, 0.1) is 14.2 Å². The molecule has 30 heavy (non-hydrogen) atoms. The van der Waals surface area contributed by atoms with E-state index in [9.17, 15) is 13.6 Å². The van der Waals surface area contributed by atoms with Crippen LogP contribution in [0.1, 0.15) is 10.4 Å². The van der Waals surface area contributed by atoms with Crippen LogP contribution >= 0.6 is 0 Å². The number of hydrogen-bond donors (Lipinski definition) is 1. The number of methoxy groups -OCH3 is 2. The van der Waals surface area contributed by atoms with E-state index >= 15 is 0 Å². The van der Waals surface area contributed by atoms with Crippen LogP contribution in [0, 0.1) is 0 Å². The molecule has 0 heterocycles. The van der Waals surface area contributed by atoms with Gasteiger partial charge in [-0.3, -0.25) is 4.79 Å². The third-order valence-corrected chi connectivity index (χ3v) is 4.05. The number of alkyl halides is 2. The minimum absolute atomic E-state index is 0.0310. The molecule has 8 heteroatoms. The molecule has 0 aliphatic carbocycles. The van der Waals surface area contributed by atoms with E-state index in [0.717, 1.165) is 0 Å². The molecule has 0 saturated heterocycles. The average Bonchev–Trinajstić information content (AvgIpc) is 2.75. The van der Waals surface area contributed by atoms with Crippen LogP contribution in [0.2, 0.25) is 0 Å². The minimum Gasteiger partial charge on any atom is -0.493 e. The lowest BCUT2D eigenvalue weighted by Gasteiger charge is -2.12. The van der Waals surface area contributed by atoms with Gasteiger partial charge in [-0.05, 0) is 54.6 Å². The van der Waals surface area contributed by atoms with Gasteiger partial charge in [0.25, 0.3) is 5.91 Å². The fourth-order valence-electron chi connectivity index (χ4n) is 2.64. The summed E-state index contributed by atoms with van der Waals surface area (Å²) in [7, 11) is 2.86. The SMILES string of the molecule is COc1ccccc1Oc1ccc(NC(=O)c2ccc(OC(F)F)c(OC)c2)cc1. The maximum atomic E-state index is 12.5. The van der Waals surface area contributed by atoms with Gasteiger partial charge in [-0.2, -0.15) is 8.78 Å². The number of nitrogens with one attached hydrogen (secondary N) is 1. The van der Waals surface area contributed by atoms with E-state index in [4.69, 9.17) is 14.2 Å². The van der Waals surface area contributed by atoms with Crippen LogP contribution in [0.5, 0.6) is 28.7 Å². The van der Waals surface area contributed by atoms with Gasteiger partial charge in [0.2, 0.25) is 0 Å². The van der Waals surface area contributed by atoms with Crippen molar-refractivity contribution in [3.8, 4) is 28.7 Å². The van der Waals surface area contributed by atoms with Crippen molar-refractivity contribution in [2.24, 2.45) is 0 Å². The lowest BCUT2D eigenvalue weighted by atomic mass is 10.2. The number of carbonyl (C=O) groups excluding carboxylic acids is 1. The van der Waals surface area contributed by atoms with Gasteiger partial charge < -0.3 is 24.3 Å². The summed E-state index contributed by atoms with van der Waals surface area (Å²) < 4.78 is 45.3. The molecule has 1 amide bonds. The van der Waals surface area contributed by atoms with Crippen molar-refractivity contribution >= 4 is 11.6 Å². The van der Waals surface area contributed by atoms with Gasteiger partial charge in [0.1, 0.15) is 5.75 Å². The predicted octanol–water partition coefficient (Wildman–Crippen LogP) is 5.35. The van der Waals surface area contributed by atoms with E-state index in [2.05, 4.69) is 10.1 Å². The average molecular weight is 415 g/mol. The molecule has 0 spiro atoms. The Hall–Kier alpha value is -3.81. The van der Waals surface area contributed by atoms with Gasteiger partial charge in [0, 0.05) is 11.3 Å². The molecule has 3 rings (SSSR count). The largest absolute Gasteiger partial charge is 0.493 e. The first-order valence-electron chi connectivity index (χ1n) is 8.85. The van der Waals surface area contributed by atoms with Gasteiger partial charge >= 0.3 is 6.61 Å². The van der Waals surface area contributed by atoms with Crippen LogP contribution in [0.25, 0.3) is 0 Å². The number of benzene rings is 3. The number of anilines is 1. The maximum absolute atomic E-state index is 12.5. The van der Waals surface area contributed by atoms with E-state index in [-0.39, 0.29) is 17.1 Å². The molecule has 3 aromatic carbocycles. The lowest BCUT2D eigenvalue weighted by Crippen LogP contribution is -2.12. The van der Waals surface area contributed by atoms with Gasteiger partial charge in [-0.25, -0.2) is 0 Å². The molecule has 0 fully saturated rings. The molecule has 6 nitrogen and oxygen atoms in total. The molecule has 0 aromatic heterocycles. The minimum atomic E-state index is -2.99. The van der Waals surface area contributed by atoms with Crippen molar-refractivity contribution in [2.45, 2.75) is 6.61 Å². The second-order valence-corrected chi connectivity index (χ2v) is 5.98. The van der Waals surface area contributed by atoms with E-state index in [1.807, 2.05) is 12.1 Å². The number of para-hydroxylation sites is 2. The molecule has 0 radical (unpaired) electrons. The predicted molar refractivity (Wildman–Crippen MR) is 107 cm³/mol. The Kier molecular flexibility index (Phi) is 6.69. The van der Waals surface area contributed by atoms with Crippen molar-refractivity contribution < 1.29 is 32.5 Å². The Bertz CT molecular complexity index is 1010. The molecule has 0 atom stereocenters. The van der Waals surface area contributed by atoms with E-state index < -0.39 is 12.5 Å². The van der Waals surface area contributed by atoms with Crippen LogP contribution in [0.4, 0.5) is 14.5 Å². The van der Waals surface area contributed by atoms with Crippen molar-refractivity contribution in [3.05, 3.63) is 72.3 Å². The number of carbonyl (C=O) groups is 1. The summed E-state index contributed by atoms with van der Waals surface area (Å²) in [6.07, 6.45) is 0. The van der Waals surface area contributed by atoms with Crippen LogP contribution in [0.15, 0.2) is 66.7 Å². The topological polar surface area (TPSA) is 66.0 Å². The molecule has 0 aliphatic heterocycles. The highest BCUT2D eigenvalue weighted by molar-refractivity contribution is 6.04. The summed E-state index contributed by atoms with van der Waals surface area (Å²) in [5.41, 5.74) is 0.752. The first-order valence-corrected chi connectivity index (χ1v) is 8.85. The molecule has 1 N–H and O–H groups in total. The molecular formula is C22H19F2NO5. The Morgan fingerprint density at radius 1 is 0.833 bits per heavy atom. The van der Waals surface area contributed by atoms with Crippen molar-refractivity contribution in [2.75, 3.05) is 19.5 Å². The van der Waals surface area contributed by atoms with Crippen molar-refractivity contribution in [3.63, 3.8) is 0 Å². The fraction of sp³-hybridized carbons (Fsp3) is 0.136. The highest BCUT2D eigenvalue weighted by atomic mass is 19.3. The molecule has 0 bridgehead atoms. The Morgan fingerprint density at radius 2 is 1.50 bits per heavy atom. The van der Waals surface area contributed by atoms with Crippen molar-refractivity contribution in [1.82, 2.24) is 0 Å². The summed E-state index contributed by atoms with van der Waals surface area (Å²) in [4.78, 5) is 12.5. The fourth-order valence-corrected chi connectivity index (χ4v) is 2.64. The lowest BCUT2D eigenvalue weighted by molar-refractivity contribution is -0.0512. The number of rotatable bonds is 8. The molecule has 156 valence electrons. The van der Waals surface area contributed by atoms with Crippen LogP contribution < -0.4 is 24.3 Å². The normalized spacial score (nSPS) is 10.4. The van der Waals surface area contributed by atoms with Crippen LogP contribution in [0.3, 0.4) is 0 Å². The van der Waals surface area contributed by atoms with E-state index in [0.29, 0.717) is 22.9 Å². The molecular weight excluding hydrogens is 396 g/mol. The summed E-state index contributed by atoms with van der Waals surface area (Å²) in [6, 6.07) is 17.9. The summed E-state index contributed by atoms with van der Waals surface area (Å²) in [6.45, 7) is -2.99. The number of ether oxygens (including phenoxy) is 4. The van der Waals surface area contributed by atoms with E-state index in [1.165, 1.54) is 25.3 Å². The molecule has 0 aliphatic rings. The zero-order chi connectivity index (χ0) is 21.5. The van der Waals surface area contributed by atoms with Gasteiger partial charge in [0.15, 0.2) is 23.0 Å². The highest BCUT2D eigenvalue weighted by Gasteiger charge is 2.14. The number of halogens is 2. The first kappa shape index (κ1) is 20.9. The Balaban J connectivity index is 1.68. The second kappa shape index (κ2) is 9.60. The third kappa shape index (κ3) is 5.16. The number of amides is 1. The Labute approximate surface area is 172 Å². The molecule has 0 saturated carbocycles. The van der Waals surface area contributed by atoms with Gasteiger partial charge in [-0.15, -0.1) is 0 Å². The standard InChI is InChI=1S/C22H19F2NO5/c1-27-17-5-3-4-6-18(17)29-16-10-8-15(9-11-16)25-21(26)14-7-12-19(30-22(23)24)20(13-14)28-2/h3-13,22H,1-2H3,(H,25,26). The van der Waals surface area contributed by atoms with E-state index in [1.54, 1.807) is 43.5 Å². The molecule has 3 aromatic rings. The highest BCUT2D eigenvalue weighted by Crippen LogP contribution is 2.32. The maximum Gasteiger partial charge on any atom is 0.387 e. The monoisotopic (exact) mass is 415 g/mol. The third-order valence-electron chi connectivity index (χ3n) is 4.05. The van der Waals surface area contributed by atoms with Crippen molar-refractivity contribution in [1.29, 1.82) is 0 Å². The van der Waals surface area contributed by atoms with Crippen LogP contribution in [-0.2, 0) is 0 Å². The smallest absolute Gasteiger partial charge is 0.387 e. The quantitative estimate of drug-likeness (QED) is 0.537. The summed E-state index contributed by atoms with van der Waals surface area (Å²) in [5, 5.41) is 2.72. The zero-order valence-corrected chi connectivity index (χ0v) is 16.2. The second-order valence-electron chi connectivity index (χ2n) is 5.98. The molecule has 0 unspecified atom stereocenters. The van der Waals surface area contributed by atoms with Crippen LogP contribution in [-0.4, -0.2) is 26.7 Å². The van der Waals surface area contributed by atoms with Gasteiger partial charge in [-0.1, -0.05) is 12.1 Å². The first-order chi connectivity index (χ1) is 14.5. The summed E-state index contributed by atoms with van der Waals surface area (Å²) >= 11 is 0. The Morgan fingerprint density at radius 3 is 2.13 bits per heavy atom. The zero-order valence-electron chi connectivity index (χ0n) is 16.2. The number of hydrogen-bond acceptors (Lipinski definition) is 5. The summed E-state index contributed by atoms with van der Waals surface area (Å²) in [5.74, 6) is 1.17.